The molecule has 108 valence electrons. The van der Waals surface area contributed by atoms with Crippen LogP contribution in [0.25, 0.3) is 5.70 Å². The van der Waals surface area contributed by atoms with Gasteiger partial charge < -0.3 is 9.47 Å². The Balaban J connectivity index is 2.16. The molecule has 1 amide bonds. The molecule has 0 radical (unpaired) electrons. The fraction of sp³-hybridized carbons (Fsp3) is 0.375. The second kappa shape index (κ2) is 4.52. The summed E-state index contributed by atoms with van der Waals surface area (Å²) in [6.45, 7) is 6.16. The van der Waals surface area contributed by atoms with E-state index in [9.17, 15) is 4.79 Å². The number of nitriles is 1. The summed E-state index contributed by atoms with van der Waals surface area (Å²) in [5, 5.41) is 9.08. The highest BCUT2D eigenvalue weighted by molar-refractivity contribution is 5.86. The van der Waals surface area contributed by atoms with Gasteiger partial charge in [-0.3, -0.25) is 4.90 Å². The van der Waals surface area contributed by atoms with Crippen molar-refractivity contribution < 1.29 is 14.3 Å². The van der Waals surface area contributed by atoms with E-state index in [4.69, 9.17) is 14.7 Å². The highest BCUT2D eigenvalue weighted by Crippen LogP contribution is 2.40. The lowest BCUT2D eigenvalue weighted by Crippen LogP contribution is -2.36. The molecule has 0 bridgehead atoms. The van der Waals surface area contributed by atoms with Crippen molar-refractivity contribution in [2.24, 2.45) is 0 Å². The molecule has 1 atom stereocenters. The minimum absolute atomic E-state index is 0.0451. The van der Waals surface area contributed by atoms with E-state index < -0.39 is 5.60 Å². The maximum absolute atomic E-state index is 12.0. The van der Waals surface area contributed by atoms with E-state index in [1.54, 1.807) is 23.1 Å². The van der Waals surface area contributed by atoms with E-state index in [1.165, 1.54) is 0 Å². The average molecular weight is 284 g/mol. The molecule has 0 spiro atoms. The van der Waals surface area contributed by atoms with Gasteiger partial charge in [-0.25, -0.2) is 4.79 Å². The van der Waals surface area contributed by atoms with Gasteiger partial charge >= 0.3 is 6.09 Å². The van der Waals surface area contributed by atoms with E-state index in [-0.39, 0.29) is 12.1 Å². The van der Waals surface area contributed by atoms with E-state index in [0.29, 0.717) is 17.9 Å². The standard InChI is InChI=1S/C16H16N2O3/c1-10-9-20-15(19)18(10)13-7-16(2,3)21-14-5-4-11(8-17)6-12(13)14/h4-7,10H,9H2,1-3H3/t10-/m1/s1. The van der Waals surface area contributed by atoms with Crippen molar-refractivity contribution in [1.82, 2.24) is 4.90 Å². The molecule has 1 aromatic carbocycles. The van der Waals surface area contributed by atoms with Crippen LogP contribution in [0.4, 0.5) is 4.79 Å². The van der Waals surface area contributed by atoms with Gasteiger partial charge in [0.15, 0.2) is 0 Å². The molecule has 2 aliphatic heterocycles. The van der Waals surface area contributed by atoms with Gasteiger partial charge in [-0.15, -0.1) is 0 Å². The van der Waals surface area contributed by atoms with Crippen molar-refractivity contribution in [1.29, 1.82) is 5.26 Å². The largest absolute Gasteiger partial charge is 0.483 e. The predicted octanol–water partition coefficient (Wildman–Crippen LogP) is 2.91. The Morgan fingerprint density at radius 1 is 1.43 bits per heavy atom. The SMILES string of the molecule is C[C@@H]1COC(=O)N1C1=CC(C)(C)Oc2ccc(C#N)cc21. The minimum atomic E-state index is -0.529. The van der Waals surface area contributed by atoms with Crippen molar-refractivity contribution >= 4 is 11.8 Å². The second-order valence-corrected chi connectivity index (χ2v) is 5.85. The lowest BCUT2D eigenvalue weighted by molar-refractivity contribution is 0.152. The molecule has 3 rings (SSSR count). The van der Waals surface area contributed by atoms with Crippen LogP contribution >= 0.6 is 0 Å². The van der Waals surface area contributed by atoms with Gasteiger partial charge in [0.05, 0.1) is 23.4 Å². The third kappa shape index (κ3) is 2.23. The molecule has 0 saturated carbocycles. The molecular weight excluding hydrogens is 268 g/mol. The number of rotatable bonds is 1. The number of carbonyl (C=O) groups is 1. The summed E-state index contributed by atoms with van der Waals surface area (Å²) < 4.78 is 11.0. The lowest BCUT2D eigenvalue weighted by atomic mass is 9.96. The van der Waals surface area contributed by atoms with Crippen molar-refractivity contribution in [3.8, 4) is 11.8 Å². The molecule has 5 nitrogen and oxygen atoms in total. The van der Waals surface area contributed by atoms with Crippen LogP contribution in [0.15, 0.2) is 24.3 Å². The number of nitrogens with zero attached hydrogens (tertiary/aromatic N) is 2. The zero-order valence-corrected chi connectivity index (χ0v) is 12.2. The van der Waals surface area contributed by atoms with Crippen LogP contribution in [-0.2, 0) is 4.74 Å². The Bertz CT molecular complexity index is 685. The van der Waals surface area contributed by atoms with Crippen LogP contribution in [0, 0.1) is 11.3 Å². The Kier molecular flexibility index (Phi) is 2.91. The highest BCUT2D eigenvalue weighted by atomic mass is 16.6. The molecule has 0 unspecified atom stereocenters. The lowest BCUT2D eigenvalue weighted by Gasteiger charge is -2.34. The number of hydrogen-bond donors (Lipinski definition) is 0. The molecular formula is C16H16N2O3. The monoisotopic (exact) mass is 284 g/mol. The topological polar surface area (TPSA) is 62.6 Å². The number of fused-ring (bicyclic) bond motifs is 1. The smallest absolute Gasteiger partial charge is 0.414 e. The van der Waals surface area contributed by atoms with Gasteiger partial charge in [0.1, 0.15) is 18.0 Å². The van der Waals surface area contributed by atoms with Crippen LogP contribution in [0.3, 0.4) is 0 Å². The van der Waals surface area contributed by atoms with Crippen LogP contribution in [0.1, 0.15) is 31.9 Å². The van der Waals surface area contributed by atoms with Gasteiger partial charge in [-0.2, -0.15) is 5.26 Å². The highest BCUT2D eigenvalue weighted by Gasteiger charge is 2.38. The fourth-order valence-corrected chi connectivity index (χ4v) is 2.66. The Hall–Kier alpha value is -2.48. The molecule has 1 saturated heterocycles. The van der Waals surface area contributed by atoms with Gasteiger partial charge in [-0.1, -0.05) is 0 Å². The maximum Gasteiger partial charge on any atom is 0.414 e. The molecule has 2 heterocycles. The summed E-state index contributed by atoms with van der Waals surface area (Å²) in [5.41, 5.74) is 1.50. The number of cyclic esters (lactones) is 1. The fourth-order valence-electron chi connectivity index (χ4n) is 2.66. The minimum Gasteiger partial charge on any atom is -0.483 e. The number of benzene rings is 1. The van der Waals surface area contributed by atoms with Crippen LogP contribution in [0.2, 0.25) is 0 Å². The summed E-state index contributed by atoms with van der Waals surface area (Å²) in [5.74, 6) is 0.670. The van der Waals surface area contributed by atoms with Gasteiger partial charge in [0, 0.05) is 5.56 Å². The summed E-state index contributed by atoms with van der Waals surface area (Å²) in [6.07, 6.45) is 1.54. The molecule has 2 aliphatic rings. The van der Waals surface area contributed by atoms with E-state index in [1.807, 2.05) is 26.8 Å². The molecule has 0 N–H and O–H groups in total. The Labute approximate surface area is 123 Å². The van der Waals surface area contributed by atoms with Crippen molar-refractivity contribution in [3.63, 3.8) is 0 Å². The number of hydrogen-bond acceptors (Lipinski definition) is 4. The number of ether oxygens (including phenoxy) is 2. The molecule has 1 aromatic rings. The van der Waals surface area contributed by atoms with Gasteiger partial charge in [-0.05, 0) is 45.0 Å². The van der Waals surface area contributed by atoms with Crippen LogP contribution in [-0.4, -0.2) is 29.2 Å². The molecule has 0 aromatic heterocycles. The maximum atomic E-state index is 12.0. The summed E-state index contributed by atoms with van der Waals surface area (Å²) >= 11 is 0. The first-order valence-electron chi connectivity index (χ1n) is 6.84. The van der Waals surface area contributed by atoms with Gasteiger partial charge in [0.25, 0.3) is 0 Å². The number of amides is 1. The normalized spacial score (nSPS) is 22.8. The average Bonchev–Trinajstić information content (AvgIpc) is 2.76. The molecule has 21 heavy (non-hydrogen) atoms. The van der Waals surface area contributed by atoms with Crippen molar-refractivity contribution in [2.75, 3.05) is 6.61 Å². The zero-order valence-electron chi connectivity index (χ0n) is 12.2. The third-order valence-electron chi connectivity index (χ3n) is 3.59. The molecule has 5 heteroatoms. The zero-order chi connectivity index (χ0) is 15.2. The quantitative estimate of drug-likeness (QED) is 0.795. The first-order valence-corrected chi connectivity index (χ1v) is 6.84. The van der Waals surface area contributed by atoms with E-state index in [2.05, 4.69) is 6.07 Å². The summed E-state index contributed by atoms with van der Waals surface area (Å²) in [6, 6.07) is 7.30. The second-order valence-electron chi connectivity index (χ2n) is 5.85. The molecule has 0 aliphatic carbocycles. The van der Waals surface area contributed by atoms with Crippen molar-refractivity contribution in [2.45, 2.75) is 32.4 Å². The van der Waals surface area contributed by atoms with E-state index >= 15 is 0 Å². The van der Waals surface area contributed by atoms with Crippen molar-refractivity contribution in [3.05, 3.63) is 35.4 Å². The Morgan fingerprint density at radius 2 is 2.19 bits per heavy atom. The number of carbonyl (C=O) groups excluding carboxylic acids is 1. The van der Waals surface area contributed by atoms with Crippen LogP contribution in [0.5, 0.6) is 5.75 Å². The summed E-state index contributed by atoms with van der Waals surface area (Å²) in [7, 11) is 0. The third-order valence-corrected chi connectivity index (χ3v) is 3.59. The van der Waals surface area contributed by atoms with E-state index in [0.717, 1.165) is 11.3 Å². The summed E-state index contributed by atoms with van der Waals surface area (Å²) in [4.78, 5) is 13.6. The van der Waals surface area contributed by atoms with Crippen LogP contribution < -0.4 is 4.74 Å². The van der Waals surface area contributed by atoms with Gasteiger partial charge in [0.2, 0.25) is 0 Å². The first kappa shape index (κ1) is 13.5. The first-order chi connectivity index (χ1) is 9.91. The molecule has 1 fully saturated rings. The Morgan fingerprint density at radius 3 is 2.81 bits per heavy atom. The predicted molar refractivity (Wildman–Crippen MR) is 76.5 cm³/mol.